The fourth-order valence-electron chi connectivity index (χ4n) is 2.02. The highest BCUT2D eigenvalue weighted by Gasteiger charge is 2.57. The van der Waals surface area contributed by atoms with E-state index in [4.69, 9.17) is 16.9 Å². The highest BCUT2D eigenvalue weighted by Crippen LogP contribution is 2.38. The summed E-state index contributed by atoms with van der Waals surface area (Å²) >= 11 is 0. The number of hydrogen-bond donors (Lipinski definition) is 4. The van der Waals surface area contributed by atoms with Crippen molar-refractivity contribution < 1.29 is 20.1 Å². The maximum Gasteiger partial charge on any atom is 0.368 e. The van der Waals surface area contributed by atoms with E-state index in [1.54, 1.807) is 0 Å². The lowest BCUT2D eigenvalue weighted by molar-refractivity contribution is -0.0945. The zero-order valence-electron chi connectivity index (χ0n) is 10.5. The second-order valence-electron chi connectivity index (χ2n) is 4.52. The molecule has 5 atom stereocenters. The van der Waals surface area contributed by atoms with Gasteiger partial charge >= 0.3 is 5.69 Å². The fourth-order valence-corrected chi connectivity index (χ4v) is 2.02. The first-order valence-electron chi connectivity index (χ1n) is 5.74. The largest absolute Gasteiger partial charge is 0.391 e. The van der Waals surface area contributed by atoms with Crippen LogP contribution in [0.4, 0.5) is 5.82 Å². The zero-order chi connectivity index (χ0) is 15.1. The van der Waals surface area contributed by atoms with E-state index in [-0.39, 0.29) is 5.82 Å². The van der Waals surface area contributed by atoms with Gasteiger partial charge in [-0.05, 0) is 6.92 Å². The van der Waals surface area contributed by atoms with Crippen LogP contribution in [-0.4, -0.2) is 54.0 Å². The third-order valence-corrected chi connectivity index (χ3v) is 3.09. The average molecular weight is 282 g/mol. The topological polar surface area (TPSA) is 144 Å². The van der Waals surface area contributed by atoms with E-state index in [9.17, 15) is 20.1 Å². The van der Waals surface area contributed by atoms with Gasteiger partial charge in [-0.3, -0.25) is 0 Å². The standard InChI is InChI=1S/C11H14N4O5/c1-3-11(19)8(17)7(5(2)16)20-9(11)15-10(18)14-6(12)4-13-15/h1,4-5,7-9,16-17,19H,2H3,(H2,12,14,18)/t5-,7-,8+,9-,11?/m1/s1. The molecular weight excluding hydrogens is 268 g/mol. The van der Waals surface area contributed by atoms with E-state index in [2.05, 4.69) is 10.1 Å². The van der Waals surface area contributed by atoms with Crippen LogP contribution in [0.15, 0.2) is 11.0 Å². The molecule has 20 heavy (non-hydrogen) atoms. The highest BCUT2D eigenvalue weighted by molar-refractivity contribution is 5.22. The first-order valence-corrected chi connectivity index (χ1v) is 5.74. The van der Waals surface area contributed by atoms with Crippen molar-refractivity contribution in [1.29, 1.82) is 0 Å². The van der Waals surface area contributed by atoms with Gasteiger partial charge in [-0.1, -0.05) is 5.92 Å². The lowest BCUT2D eigenvalue weighted by atomic mass is 9.93. The van der Waals surface area contributed by atoms with Crippen molar-refractivity contribution in [2.45, 2.75) is 37.1 Å². The van der Waals surface area contributed by atoms with Crippen molar-refractivity contribution in [3.63, 3.8) is 0 Å². The van der Waals surface area contributed by atoms with Crippen LogP contribution in [0.1, 0.15) is 13.2 Å². The minimum Gasteiger partial charge on any atom is -0.391 e. The molecule has 0 aliphatic carbocycles. The van der Waals surface area contributed by atoms with E-state index in [1.165, 1.54) is 6.92 Å². The average Bonchev–Trinajstić information content (AvgIpc) is 2.64. The molecule has 0 amide bonds. The number of aliphatic hydroxyl groups excluding tert-OH is 2. The van der Waals surface area contributed by atoms with Crippen molar-refractivity contribution >= 4 is 5.82 Å². The molecule has 0 radical (unpaired) electrons. The van der Waals surface area contributed by atoms with Gasteiger partial charge in [-0.2, -0.15) is 14.8 Å². The van der Waals surface area contributed by atoms with Crippen LogP contribution in [0.2, 0.25) is 0 Å². The molecule has 1 aromatic rings. The third-order valence-electron chi connectivity index (χ3n) is 3.09. The van der Waals surface area contributed by atoms with Gasteiger partial charge in [0.05, 0.1) is 12.3 Å². The molecular formula is C11H14N4O5. The smallest absolute Gasteiger partial charge is 0.368 e. The Labute approximate surface area is 113 Å². The molecule has 1 fully saturated rings. The molecule has 0 spiro atoms. The van der Waals surface area contributed by atoms with Gasteiger partial charge in [0, 0.05) is 0 Å². The van der Waals surface area contributed by atoms with Crippen LogP contribution in [0.5, 0.6) is 0 Å². The zero-order valence-corrected chi connectivity index (χ0v) is 10.5. The highest BCUT2D eigenvalue weighted by atomic mass is 16.6. The lowest BCUT2D eigenvalue weighted by Gasteiger charge is -2.25. The summed E-state index contributed by atoms with van der Waals surface area (Å²) in [5, 5.41) is 33.5. The molecule has 2 heterocycles. The summed E-state index contributed by atoms with van der Waals surface area (Å²) in [5.41, 5.74) is 2.18. The third kappa shape index (κ3) is 2.04. The van der Waals surface area contributed by atoms with E-state index < -0.39 is 35.8 Å². The van der Waals surface area contributed by atoms with Crippen LogP contribution in [0.3, 0.4) is 0 Å². The monoisotopic (exact) mass is 282 g/mol. The molecule has 1 aliphatic heterocycles. The number of ether oxygens (including phenoxy) is 1. The summed E-state index contributed by atoms with van der Waals surface area (Å²) in [6, 6.07) is 0. The summed E-state index contributed by atoms with van der Waals surface area (Å²) in [5.74, 6) is 1.87. The predicted molar refractivity (Wildman–Crippen MR) is 66.1 cm³/mol. The first-order chi connectivity index (χ1) is 9.31. The van der Waals surface area contributed by atoms with Crippen LogP contribution in [0, 0.1) is 12.3 Å². The number of hydrogen-bond acceptors (Lipinski definition) is 8. The van der Waals surface area contributed by atoms with Gasteiger partial charge in [0.2, 0.25) is 5.60 Å². The van der Waals surface area contributed by atoms with E-state index >= 15 is 0 Å². The summed E-state index contributed by atoms with van der Waals surface area (Å²) in [4.78, 5) is 15.2. The quantitative estimate of drug-likeness (QED) is 0.426. The molecule has 1 aromatic heterocycles. The number of nitrogen functional groups attached to an aromatic ring is 1. The molecule has 9 heteroatoms. The van der Waals surface area contributed by atoms with Crippen LogP contribution in [-0.2, 0) is 4.74 Å². The Kier molecular flexibility index (Phi) is 3.49. The van der Waals surface area contributed by atoms with Gasteiger partial charge in [-0.15, -0.1) is 6.42 Å². The summed E-state index contributed by atoms with van der Waals surface area (Å²) in [7, 11) is 0. The summed E-state index contributed by atoms with van der Waals surface area (Å²) in [6.07, 6.45) is 0.922. The van der Waals surface area contributed by atoms with Crippen LogP contribution in [0.25, 0.3) is 0 Å². The molecule has 0 aromatic carbocycles. The fraction of sp³-hybridized carbons (Fsp3) is 0.545. The van der Waals surface area contributed by atoms with Crippen molar-refractivity contribution in [3.05, 3.63) is 16.7 Å². The predicted octanol–water partition coefficient (Wildman–Crippen LogP) is -2.78. The number of aliphatic hydroxyl groups is 3. The van der Waals surface area contributed by atoms with E-state index in [1.807, 2.05) is 5.92 Å². The maximum absolute atomic E-state index is 11.7. The molecule has 1 saturated heterocycles. The molecule has 9 nitrogen and oxygen atoms in total. The van der Waals surface area contributed by atoms with Crippen molar-refractivity contribution in [1.82, 2.24) is 14.8 Å². The van der Waals surface area contributed by atoms with Crippen LogP contribution >= 0.6 is 0 Å². The number of terminal acetylenes is 1. The van der Waals surface area contributed by atoms with E-state index in [0.29, 0.717) is 4.68 Å². The molecule has 2 rings (SSSR count). The number of anilines is 1. The van der Waals surface area contributed by atoms with Gasteiger partial charge in [0.1, 0.15) is 18.0 Å². The second kappa shape index (κ2) is 4.84. The maximum atomic E-state index is 11.7. The Morgan fingerprint density at radius 2 is 2.35 bits per heavy atom. The molecule has 0 saturated carbocycles. The summed E-state index contributed by atoms with van der Waals surface area (Å²) < 4.78 is 5.94. The Balaban J connectivity index is 2.50. The number of aromatic nitrogens is 3. The molecule has 5 N–H and O–H groups in total. The van der Waals surface area contributed by atoms with Gasteiger partial charge in [0.15, 0.2) is 6.23 Å². The van der Waals surface area contributed by atoms with Crippen molar-refractivity contribution in [2.75, 3.05) is 5.73 Å². The number of nitrogens with two attached hydrogens (primary N) is 1. The van der Waals surface area contributed by atoms with E-state index in [0.717, 1.165) is 6.20 Å². The minimum absolute atomic E-state index is 0.110. The van der Waals surface area contributed by atoms with Crippen LogP contribution < -0.4 is 11.4 Å². The Hall–Kier alpha value is -1.99. The molecule has 0 bridgehead atoms. The Morgan fingerprint density at radius 1 is 1.70 bits per heavy atom. The van der Waals surface area contributed by atoms with Gasteiger partial charge in [-0.25, -0.2) is 4.79 Å². The molecule has 1 aliphatic rings. The normalized spacial score (nSPS) is 34.6. The molecule has 1 unspecified atom stereocenters. The van der Waals surface area contributed by atoms with Crippen molar-refractivity contribution in [3.8, 4) is 12.3 Å². The van der Waals surface area contributed by atoms with Gasteiger partial charge in [0.25, 0.3) is 0 Å². The lowest BCUT2D eigenvalue weighted by Crippen LogP contribution is -2.49. The number of rotatable bonds is 2. The SMILES string of the molecule is C#CC1(O)[C@@H](O)[C@@H]([C@@H](C)O)O[C@H]1n1ncc(N)nc1=O. The first kappa shape index (κ1) is 14.4. The van der Waals surface area contributed by atoms with Crippen molar-refractivity contribution in [2.24, 2.45) is 0 Å². The number of nitrogens with zero attached hydrogens (tertiary/aromatic N) is 3. The van der Waals surface area contributed by atoms with Gasteiger partial charge < -0.3 is 25.8 Å². The minimum atomic E-state index is -2.23. The Morgan fingerprint density at radius 3 is 2.85 bits per heavy atom. The molecule has 108 valence electrons. The second-order valence-corrected chi connectivity index (χ2v) is 4.52. The Bertz CT molecular complexity index is 610. The summed E-state index contributed by atoms with van der Waals surface area (Å²) in [6.45, 7) is 1.35.